The molecule has 2 rings (SSSR count). The Morgan fingerprint density at radius 3 is 2.75 bits per heavy atom. The Bertz CT molecular complexity index is 387. The molecule has 1 amide bonds. The number of rotatable bonds is 2. The van der Waals surface area contributed by atoms with Crippen molar-refractivity contribution in [1.82, 2.24) is 15.5 Å². The lowest BCUT2D eigenvalue weighted by Gasteiger charge is -2.34. The molecular formula is C9H14N4O2S. The van der Waals surface area contributed by atoms with E-state index in [0.29, 0.717) is 23.4 Å². The monoisotopic (exact) mass is 242 g/mol. The van der Waals surface area contributed by atoms with Gasteiger partial charge in [0.1, 0.15) is 0 Å². The Kier molecular flexibility index (Phi) is 3.06. The number of nitrogens with two attached hydrogens (primary N) is 1. The first kappa shape index (κ1) is 11.3. The van der Waals surface area contributed by atoms with Crippen molar-refractivity contribution in [3.63, 3.8) is 0 Å². The summed E-state index contributed by atoms with van der Waals surface area (Å²) in [7, 11) is 0. The molecule has 0 unspecified atom stereocenters. The van der Waals surface area contributed by atoms with Crippen LogP contribution < -0.4 is 11.1 Å². The summed E-state index contributed by atoms with van der Waals surface area (Å²) < 4.78 is 5.26. The zero-order valence-electron chi connectivity index (χ0n) is 9.02. The van der Waals surface area contributed by atoms with E-state index in [1.165, 1.54) is 0 Å². The Labute approximate surface area is 97.2 Å². The van der Waals surface area contributed by atoms with Gasteiger partial charge in [-0.15, -0.1) is 10.2 Å². The van der Waals surface area contributed by atoms with Crippen LogP contribution in [0.5, 0.6) is 0 Å². The zero-order chi connectivity index (χ0) is 11.6. The molecule has 88 valence electrons. The summed E-state index contributed by atoms with van der Waals surface area (Å²) in [4.78, 5) is 11.8. The number of aromatic nitrogens is 2. The summed E-state index contributed by atoms with van der Waals surface area (Å²) in [5, 5.41) is 10.9. The van der Waals surface area contributed by atoms with Gasteiger partial charge in [-0.2, -0.15) is 0 Å². The van der Waals surface area contributed by atoms with Crippen LogP contribution in [0.25, 0.3) is 0 Å². The standard InChI is InChI=1S/C9H14N4O2S/c1-9(2-4-15-5-3-9)11-6(14)7-12-13-8(10)16-7/h2-5H2,1H3,(H2,10,13)(H,11,14). The zero-order valence-corrected chi connectivity index (χ0v) is 9.84. The molecule has 0 aliphatic carbocycles. The summed E-state index contributed by atoms with van der Waals surface area (Å²) in [5.74, 6) is -0.210. The SMILES string of the molecule is CC1(NC(=O)c2nnc(N)s2)CCOCC1. The number of nitrogens with zero attached hydrogens (tertiary/aromatic N) is 2. The molecule has 1 aromatic heterocycles. The molecule has 6 nitrogen and oxygen atoms in total. The second-order valence-corrected chi connectivity index (χ2v) is 5.08. The number of anilines is 1. The van der Waals surface area contributed by atoms with Crippen LogP contribution in [-0.4, -0.2) is 34.9 Å². The molecule has 2 heterocycles. The topological polar surface area (TPSA) is 90.1 Å². The van der Waals surface area contributed by atoms with E-state index in [1.807, 2.05) is 6.92 Å². The maximum absolute atomic E-state index is 11.8. The average molecular weight is 242 g/mol. The van der Waals surface area contributed by atoms with Gasteiger partial charge in [-0.1, -0.05) is 11.3 Å². The van der Waals surface area contributed by atoms with E-state index in [9.17, 15) is 4.79 Å². The molecule has 1 saturated heterocycles. The number of carbonyl (C=O) groups excluding carboxylic acids is 1. The van der Waals surface area contributed by atoms with Gasteiger partial charge in [0.2, 0.25) is 10.1 Å². The van der Waals surface area contributed by atoms with Gasteiger partial charge in [0.25, 0.3) is 5.91 Å². The second kappa shape index (κ2) is 4.34. The molecule has 16 heavy (non-hydrogen) atoms. The molecule has 0 saturated carbocycles. The Morgan fingerprint density at radius 2 is 2.19 bits per heavy atom. The van der Waals surface area contributed by atoms with Gasteiger partial charge < -0.3 is 15.8 Å². The summed E-state index contributed by atoms with van der Waals surface area (Å²) in [6.07, 6.45) is 1.63. The van der Waals surface area contributed by atoms with Gasteiger partial charge >= 0.3 is 0 Å². The van der Waals surface area contributed by atoms with Crippen LogP contribution in [0, 0.1) is 0 Å². The fraction of sp³-hybridized carbons (Fsp3) is 0.667. The van der Waals surface area contributed by atoms with Crippen molar-refractivity contribution in [2.75, 3.05) is 18.9 Å². The minimum Gasteiger partial charge on any atom is -0.381 e. The van der Waals surface area contributed by atoms with Gasteiger partial charge in [-0.05, 0) is 19.8 Å². The van der Waals surface area contributed by atoms with Crippen LogP contribution in [0.1, 0.15) is 29.6 Å². The van der Waals surface area contributed by atoms with E-state index < -0.39 is 0 Å². The van der Waals surface area contributed by atoms with E-state index >= 15 is 0 Å². The minimum absolute atomic E-state index is 0.210. The fourth-order valence-corrected chi connectivity index (χ4v) is 2.11. The Morgan fingerprint density at radius 1 is 1.50 bits per heavy atom. The minimum atomic E-state index is -0.213. The first-order chi connectivity index (χ1) is 7.59. The normalized spacial score (nSPS) is 19.3. The van der Waals surface area contributed by atoms with Crippen LogP contribution in [0.2, 0.25) is 0 Å². The number of amides is 1. The van der Waals surface area contributed by atoms with Crippen molar-refractivity contribution in [2.45, 2.75) is 25.3 Å². The fourth-order valence-electron chi connectivity index (χ4n) is 1.60. The number of carbonyl (C=O) groups is 1. The number of hydrogen-bond acceptors (Lipinski definition) is 6. The van der Waals surface area contributed by atoms with Crippen molar-refractivity contribution in [1.29, 1.82) is 0 Å². The highest BCUT2D eigenvalue weighted by atomic mass is 32.1. The van der Waals surface area contributed by atoms with Crippen molar-refractivity contribution in [3.05, 3.63) is 5.01 Å². The van der Waals surface area contributed by atoms with Crippen LogP contribution in [0.4, 0.5) is 5.13 Å². The molecule has 0 radical (unpaired) electrons. The number of nitrogens with one attached hydrogen (secondary N) is 1. The van der Waals surface area contributed by atoms with Gasteiger partial charge in [-0.3, -0.25) is 4.79 Å². The molecule has 7 heteroatoms. The third-order valence-electron chi connectivity index (χ3n) is 2.65. The maximum Gasteiger partial charge on any atom is 0.282 e. The highest BCUT2D eigenvalue weighted by molar-refractivity contribution is 7.16. The second-order valence-electron chi connectivity index (χ2n) is 4.07. The lowest BCUT2D eigenvalue weighted by atomic mass is 9.92. The highest BCUT2D eigenvalue weighted by Gasteiger charge is 2.30. The Balaban J connectivity index is 2.01. The van der Waals surface area contributed by atoms with Crippen molar-refractivity contribution >= 4 is 22.4 Å². The van der Waals surface area contributed by atoms with E-state index in [-0.39, 0.29) is 11.4 Å². The molecule has 0 spiro atoms. The first-order valence-electron chi connectivity index (χ1n) is 5.08. The molecule has 1 aromatic rings. The molecule has 0 atom stereocenters. The number of ether oxygens (including phenoxy) is 1. The van der Waals surface area contributed by atoms with Crippen molar-refractivity contribution in [3.8, 4) is 0 Å². The quantitative estimate of drug-likeness (QED) is 0.784. The van der Waals surface area contributed by atoms with Gasteiger partial charge in [-0.25, -0.2) is 0 Å². The van der Waals surface area contributed by atoms with E-state index in [1.54, 1.807) is 0 Å². The summed E-state index contributed by atoms with van der Waals surface area (Å²) in [5.41, 5.74) is 5.21. The predicted octanol–water partition coefficient (Wildman–Crippen LogP) is 0.419. The highest BCUT2D eigenvalue weighted by Crippen LogP contribution is 2.21. The summed E-state index contributed by atoms with van der Waals surface area (Å²) in [6, 6.07) is 0. The molecule has 3 N–H and O–H groups in total. The maximum atomic E-state index is 11.8. The largest absolute Gasteiger partial charge is 0.381 e. The van der Waals surface area contributed by atoms with Gasteiger partial charge in [0.15, 0.2) is 0 Å². The lowest BCUT2D eigenvalue weighted by molar-refractivity contribution is 0.0422. The summed E-state index contributed by atoms with van der Waals surface area (Å²) >= 11 is 1.10. The van der Waals surface area contributed by atoms with Crippen LogP contribution in [0.15, 0.2) is 0 Å². The predicted molar refractivity (Wildman–Crippen MR) is 60.2 cm³/mol. The number of hydrogen-bond donors (Lipinski definition) is 2. The average Bonchev–Trinajstić information content (AvgIpc) is 2.65. The lowest BCUT2D eigenvalue weighted by Crippen LogP contribution is -2.49. The van der Waals surface area contributed by atoms with Crippen LogP contribution >= 0.6 is 11.3 Å². The van der Waals surface area contributed by atoms with E-state index in [4.69, 9.17) is 10.5 Å². The first-order valence-corrected chi connectivity index (χ1v) is 5.90. The third kappa shape index (κ3) is 2.48. The Hall–Kier alpha value is -1.21. The van der Waals surface area contributed by atoms with Gasteiger partial charge in [0.05, 0.1) is 0 Å². The molecule has 1 aliphatic heterocycles. The molecule has 0 aromatic carbocycles. The molecular weight excluding hydrogens is 228 g/mol. The molecule has 0 bridgehead atoms. The summed E-state index contributed by atoms with van der Waals surface area (Å²) in [6.45, 7) is 3.36. The van der Waals surface area contributed by atoms with Crippen molar-refractivity contribution < 1.29 is 9.53 Å². The van der Waals surface area contributed by atoms with Crippen LogP contribution in [0.3, 0.4) is 0 Å². The smallest absolute Gasteiger partial charge is 0.282 e. The van der Waals surface area contributed by atoms with Crippen LogP contribution in [-0.2, 0) is 4.74 Å². The third-order valence-corrected chi connectivity index (χ3v) is 3.40. The van der Waals surface area contributed by atoms with E-state index in [0.717, 1.165) is 24.2 Å². The number of nitrogen functional groups attached to an aromatic ring is 1. The van der Waals surface area contributed by atoms with E-state index in [2.05, 4.69) is 15.5 Å². The van der Waals surface area contributed by atoms with Crippen molar-refractivity contribution in [2.24, 2.45) is 0 Å². The van der Waals surface area contributed by atoms with Gasteiger partial charge in [0, 0.05) is 18.8 Å². The molecule has 1 fully saturated rings. The molecule has 1 aliphatic rings.